The zero-order valence-corrected chi connectivity index (χ0v) is 10.5. The molecule has 0 aliphatic heterocycles. The smallest absolute Gasteiger partial charge is 0.211 e. The van der Waals surface area contributed by atoms with E-state index in [9.17, 15) is 8.42 Å². The molecule has 16 heavy (non-hydrogen) atoms. The van der Waals surface area contributed by atoms with Crippen LogP contribution in [0.5, 0.6) is 0 Å². The molecule has 0 amide bonds. The summed E-state index contributed by atoms with van der Waals surface area (Å²) in [5.41, 5.74) is 2.25. The highest BCUT2D eigenvalue weighted by molar-refractivity contribution is 7.88. The molecule has 1 aliphatic rings. The molecule has 0 N–H and O–H groups in total. The molecule has 0 radical (unpaired) electrons. The van der Waals surface area contributed by atoms with Gasteiger partial charge in [-0.15, -0.1) is 0 Å². The van der Waals surface area contributed by atoms with Gasteiger partial charge in [-0.05, 0) is 25.3 Å². The van der Waals surface area contributed by atoms with E-state index in [-0.39, 0.29) is 6.04 Å². The topological polar surface area (TPSA) is 37.4 Å². The zero-order chi connectivity index (χ0) is 11.8. The fourth-order valence-electron chi connectivity index (χ4n) is 1.75. The van der Waals surface area contributed by atoms with E-state index in [1.165, 1.54) is 11.8 Å². The number of hydrogen-bond donors (Lipinski definition) is 0. The molecule has 1 aliphatic carbocycles. The van der Waals surface area contributed by atoms with Gasteiger partial charge in [0.2, 0.25) is 10.0 Å². The van der Waals surface area contributed by atoms with Gasteiger partial charge in [0.25, 0.3) is 0 Å². The van der Waals surface area contributed by atoms with Crippen molar-refractivity contribution in [2.24, 2.45) is 0 Å². The normalized spacial score (nSPS) is 16.7. The highest BCUT2D eigenvalue weighted by Gasteiger charge is 2.34. The molecule has 1 fully saturated rings. The Labute approximate surface area is 97.1 Å². The molecule has 0 heterocycles. The van der Waals surface area contributed by atoms with Gasteiger partial charge in [-0.3, -0.25) is 0 Å². The highest BCUT2D eigenvalue weighted by atomic mass is 32.2. The highest BCUT2D eigenvalue weighted by Crippen LogP contribution is 2.30. The number of nitrogens with zero attached hydrogens (tertiary/aromatic N) is 1. The second-order valence-corrected chi connectivity index (χ2v) is 6.46. The minimum atomic E-state index is -3.08. The van der Waals surface area contributed by atoms with Crippen LogP contribution in [0.25, 0.3) is 0 Å². The summed E-state index contributed by atoms with van der Waals surface area (Å²) in [7, 11) is -3.08. The van der Waals surface area contributed by atoms with Gasteiger partial charge in [-0.2, -0.15) is 4.31 Å². The molecule has 3 nitrogen and oxygen atoms in total. The fraction of sp³-hybridized carbons (Fsp3) is 0.500. The van der Waals surface area contributed by atoms with E-state index in [1.54, 1.807) is 4.31 Å². The maximum atomic E-state index is 11.6. The number of hydrogen-bond acceptors (Lipinski definition) is 2. The average molecular weight is 239 g/mol. The Morgan fingerprint density at radius 2 is 1.81 bits per heavy atom. The average Bonchev–Trinajstić information content (AvgIpc) is 2.98. The first-order chi connectivity index (χ1) is 7.47. The lowest BCUT2D eigenvalue weighted by atomic mass is 10.1. The molecule has 1 aromatic rings. The van der Waals surface area contributed by atoms with Gasteiger partial charge in [0.05, 0.1) is 6.26 Å². The van der Waals surface area contributed by atoms with E-state index in [1.807, 2.05) is 31.2 Å². The van der Waals surface area contributed by atoms with Crippen molar-refractivity contribution < 1.29 is 8.42 Å². The summed E-state index contributed by atoms with van der Waals surface area (Å²) >= 11 is 0. The van der Waals surface area contributed by atoms with E-state index in [0.717, 1.165) is 18.4 Å². The van der Waals surface area contributed by atoms with Crippen LogP contribution in [-0.4, -0.2) is 25.0 Å². The van der Waals surface area contributed by atoms with Gasteiger partial charge in [0.1, 0.15) is 0 Å². The molecule has 2 rings (SSSR count). The van der Waals surface area contributed by atoms with Gasteiger partial charge in [-0.1, -0.05) is 29.8 Å². The van der Waals surface area contributed by atoms with Crippen LogP contribution in [0.2, 0.25) is 0 Å². The summed E-state index contributed by atoms with van der Waals surface area (Å²) in [6.45, 7) is 2.53. The van der Waals surface area contributed by atoms with E-state index in [0.29, 0.717) is 6.54 Å². The van der Waals surface area contributed by atoms with Crippen molar-refractivity contribution in [3.05, 3.63) is 35.4 Å². The van der Waals surface area contributed by atoms with Gasteiger partial charge in [0, 0.05) is 12.6 Å². The lowest BCUT2D eigenvalue weighted by Crippen LogP contribution is -2.31. The Morgan fingerprint density at radius 1 is 1.25 bits per heavy atom. The van der Waals surface area contributed by atoms with Crippen LogP contribution in [0, 0.1) is 6.92 Å². The maximum Gasteiger partial charge on any atom is 0.211 e. The quantitative estimate of drug-likeness (QED) is 0.805. The molecular formula is C12H17NO2S. The molecule has 0 aromatic heterocycles. The second kappa shape index (κ2) is 4.18. The Bertz CT molecular complexity index is 460. The first kappa shape index (κ1) is 11.6. The van der Waals surface area contributed by atoms with Crippen LogP contribution in [-0.2, 0) is 16.6 Å². The first-order valence-electron chi connectivity index (χ1n) is 5.49. The minimum absolute atomic E-state index is 0.233. The molecule has 4 heteroatoms. The lowest BCUT2D eigenvalue weighted by Gasteiger charge is -2.19. The largest absolute Gasteiger partial charge is 0.212 e. The van der Waals surface area contributed by atoms with Gasteiger partial charge in [-0.25, -0.2) is 8.42 Å². The van der Waals surface area contributed by atoms with E-state index >= 15 is 0 Å². The van der Waals surface area contributed by atoms with Crippen molar-refractivity contribution in [3.63, 3.8) is 0 Å². The van der Waals surface area contributed by atoms with Crippen LogP contribution in [0.4, 0.5) is 0 Å². The lowest BCUT2D eigenvalue weighted by molar-refractivity contribution is 0.402. The predicted octanol–water partition coefficient (Wildman–Crippen LogP) is 1.92. The van der Waals surface area contributed by atoms with Crippen molar-refractivity contribution in [1.82, 2.24) is 4.31 Å². The number of rotatable bonds is 4. The predicted molar refractivity (Wildman–Crippen MR) is 64.6 cm³/mol. The molecule has 0 saturated heterocycles. The van der Waals surface area contributed by atoms with Crippen LogP contribution < -0.4 is 0 Å². The Balaban J connectivity index is 2.15. The number of aryl methyl sites for hydroxylation is 1. The Morgan fingerprint density at radius 3 is 2.25 bits per heavy atom. The molecule has 0 atom stereocenters. The second-order valence-electron chi connectivity index (χ2n) is 4.52. The third-order valence-corrected chi connectivity index (χ3v) is 4.12. The summed E-state index contributed by atoms with van der Waals surface area (Å²) in [5.74, 6) is 0. The van der Waals surface area contributed by atoms with Crippen LogP contribution in [0.15, 0.2) is 24.3 Å². The summed E-state index contributed by atoms with van der Waals surface area (Å²) in [5, 5.41) is 0. The minimum Gasteiger partial charge on any atom is -0.212 e. The summed E-state index contributed by atoms with van der Waals surface area (Å²) in [6, 6.07) is 8.26. The van der Waals surface area contributed by atoms with Gasteiger partial charge >= 0.3 is 0 Å². The van der Waals surface area contributed by atoms with Crippen molar-refractivity contribution in [2.45, 2.75) is 32.4 Å². The number of benzene rings is 1. The summed E-state index contributed by atoms with van der Waals surface area (Å²) < 4.78 is 24.8. The van der Waals surface area contributed by atoms with Gasteiger partial charge in [0.15, 0.2) is 0 Å². The van der Waals surface area contributed by atoms with Crippen molar-refractivity contribution >= 4 is 10.0 Å². The maximum absolute atomic E-state index is 11.6. The monoisotopic (exact) mass is 239 g/mol. The zero-order valence-electron chi connectivity index (χ0n) is 9.68. The SMILES string of the molecule is Cc1ccc(CN(C2CC2)S(C)(=O)=O)cc1. The molecule has 0 unspecified atom stereocenters. The van der Waals surface area contributed by atoms with Crippen LogP contribution >= 0.6 is 0 Å². The van der Waals surface area contributed by atoms with Crippen molar-refractivity contribution in [2.75, 3.05) is 6.26 Å². The van der Waals surface area contributed by atoms with E-state index in [2.05, 4.69) is 0 Å². The van der Waals surface area contributed by atoms with Crippen LogP contribution in [0.1, 0.15) is 24.0 Å². The van der Waals surface area contributed by atoms with E-state index in [4.69, 9.17) is 0 Å². The van der Waals surface area contributed by atoms with Gasteiger partial charge < -0.3 is 0 Å². The summed E-state index contributed by atoms with van der Waals surface area (Å²) in [6.07, 6.45) is 3.29. The molecule has 0 spiro atoms. The molecular weight excluding hydrogens is 222 g/mol. The molecule has 88 valence electrons. The van der Waals surface area contributed by atoms with E-state index < -0.39 is 10.0 Å². The molecule has 1 saturated carbocycles. The Hall–Kier alpha value is -0.870. The molecule has 0 bridgehead atoms. The number of sulfonamides is 1. The third-order valence-electron chi connectivity index (χ3n) is 2.84. The fourth-order valence-corrected chi connectivity index (χ4v) is 2.89. The summed E-state index contributed by atoms with van der Waals surface area (Å²) in [4.78, 5) is 0. The van der Waals surface area contributed by atoms with Crippen molar-refractivity contribution in [3.8, 4) is 0 Å². The van der Waals surface area contributed by atoms with Crippen LogP contribution in [0.3, 0.4) is 0 Å². The first-order valence-corrected chi connectivity index (χ1v) is 7.34. The standard InChI is InChI=1S/C12H17NO2S/c1-10-3-5-11(6-4-10)9-13(12-7-8-12)16(2,14)15/h3-6,12H,7-9H2,1-2H3. The Kier molecular flexibility index (Phi) is 3.04. The third kappa shape index (κ3) is 2.83. The van der Waals surface area contributed by atoms with Crippen molar-refractivity contribution in [1.29, 1.82) is 0 Å². The molecule has 1 aromatic carbocycles.